The summed E-state index contributed by atoms with van der Waals surface area (Å²) in [6.07, 6.45) is 0.991. The van der Waals surface area contributed by atoms with E-state index < -0.39 is 29.6 Å². The number of hydrogen-bond donors (Lipinski definition) is 3. The second kappa shape index (κ2) is 12.7. The number of alkyl halides is 1. The van der Waals surface area contributed by atoms with Gasteiger partial charge in [-0.3, -0.25) is 19.3 Å². The summed E-state index contributed by atoms with van der Waals surface area (Å²) >= 11 is 3.70. The van der Waals surface area contributed by atoms with Crippen molar-refractivity contribution in [2.75, 3.05) is 64.5 Å². The minimum Gasteiger partial charge on any atom is -0.494 e. The molecule has 12 heteroatoms. The van der Waals surface area contributed by atoms with Crippen LogP contribution in [0.3, 0.4) is 0 Å². The number of aliphatic hydroxyl groups is 1. The van der Waals surface area contributed by atoms with E-state index in [0.717, 1.165) is 13.1 Å². The zero-order valence-corrected chi connectivity index (χ0v) is 24.4. The molecule has 4 aliphatic heterocycles. The van der Waals surface area contributed by atoms with Crippen LogP contribution in [0, 0.1) is 11.8 Å². The molecule has 3 N–H and O–H groups in total. The van der Waals surface area contributed by atoms with Crippen LogP contribution in [0.1, 0.15) is 26.2 Å². The van der Waals surface area contributed by atoms with Crippen molar-refractivity contribution in [3.8, 4) is 5.75 Å². The number of nitrogens with one attached hydrogen (secondary N) is 2. The Bertz CT molecular complexity index is 1070. The fraction of sp³-hybridized carbons (Fsp3) is 0.679. The maximum Gasteiger partial charge on any atom is 0.245 e. The largest absolute Gasteiger partial charge is 0.494 e. The lowest BCUT2D eigenvalue weighted by Gasteiger charge is -2.34. The summed E-state index contributed by atoms with van der Waals surface area (Å²) < 4.78 is 17.4. The first kappa shape index (κ1) is 29.2. The summed E-state index contributed by atoms with van der Waals surface area (Å²) in [7, 11) is 0. The molecule has 2 bridgehead atoms. The third kappa shape index (κ3) is 5.61. The van der Waals surface area contributed by atoms with Crippen LogP contribution in [-0.4, -0.2) is 114 Å². The normalized spacial score (nSPS) is 31.3. The number of ether oxygens (including phenoxy) is 3. The van der Waals surface area contributed by atoms with Gasteiger partial charge < -0.3 is 34.9 Å². The summed E-state index contributed by atoms with van der Waals surface area (Å²) in [5.74, 6) is -1.61. The number of morpholine rings is 1. The van der Waals surface area contributed by atoms with Crippen molar-refractivity contribution in [3.05, 3.63) is 24.3 Å². The summed E-state index contributed by atoms with van der Waals surface area (Å²) in [6, 6.07) is 6.25. The van der Waals surface area contributed by atoms with Crippen molar-refractivity contribution in [1.82, 2.24) is 15.1 Å². The Hall–Kier alpha value is -2.25. The smallest absolute Gasteiger partial charge is 0.245 e. The molecular weight excluding hydrogens is 584 g/mol. The number of anilines is 1. The van der Waals surface area contributed by atoms with Crippen molar-refractivity contribution >= 4 is 39.3 Å². The average molecular weight is 624 g/mol. The monoisotopic (exact) mass is 622 g/mol. The maximum atomic E-state index is 14.0. The fourth-order valence-electron chi connectivity index (χ4n) is 6.65. The van der Waals surface area contributed by atoms with Gasteiger partial charge in [-0.05, 0) is 50.5 Å². The molecule has 0 saturated carbocycles. The highest BCUT2D eigenvalue weighted by molar-refractivity contribution is 9.09. The summed E-state index contributed by atoms with van der Waals surface area (Å²) in [6.45, 7) is 6.88. The number of carbonyl (C=O) groups is 3. The molecule has 5 rings (SSSR count). The molecule has 4 saturated heterocycles. The lowest BCUT2D eigenvalue weighted by atomic mass is 9.70. The molecule has 0 aliphatic carbocycles. The molecule has 1 aromatic carbocycles. The molecule has 40 heavy (non-hydrogen) atoms. The molecule has 220 valence electrons. The first-order valence-electron chi connectivity index (χ1n) is 14.2. The fourth-order valence-corrected chi connectivity index (χ4v) is 7.59. The van der Waals surface area contributed by atoms with Crippen LogP contribution in [0.4, 0.5) is 5.69 Å². The molecular formula is C28H39BrN4O7. The predicted octanol–water partition coefficient (Wildman–Crippen LogP) is 0.993. The minimum absolute atomic E-state index is 0.00216. The van der Waals surface area contributed by atoms with Crippen LogP contribution in [0.25, 0.3) is 0 Å². The number of benzene rings is 1. The van der Waals surface area contributed by atoms with Gasteiger partial charge in [0.15, 0.2) is 0 Å². The van der Waals surface area contributed by atoms with Crippen LogP contribution < -0.4 is 15.4 Å². The first-order valence-corrected chi connectivity index (χ1v) is 15.2. The number of rotatable bonds is 12. The Kier molecular flexibility index (Phi) is 9.31. The number of hydrogen-bond acceptors (Lipinski definition) is 8. The second-order valence-corrected chi connectivity index (χ2v) is 12.0. The molecule has 6 atom stereocenters. The molecule has 4 aliphatic rings. The number of amides is 3. The molecule has 0 radical (unpaired) electrons. The van der Waals surface area contributed by atoms with Gasteiger partial charge in [-0.2, -0.15) is 0 Å². The quantitative estimate of drug-likeness (QED) is 0.232. The Morgan fingerprint density at radius 1 is 1.15 bits per heavy atom. The van der Waals surface area contributed by atoms with Crippen LogP contribution >= 0.6 is 15.9 Å². The number of nitrogens with zero attached hydrogens (tertiary/aromatic N) is 2. The minimum atomic E-state index is -1.10. The van der Waals surface area contributed by atoms with E-state index in [1.54, 1.807) is 29.2 Å². The highest BCUT2D eigenvalue weighted by Crippen LogP contribution is 2.60. The van der Waals surface area contributed by atoms with Gasteiger partial charge in [0.25, 0.3) is 0 Å². The van der Waals surface area contributed by atoms with Gasteiger partial charge in [0.2, 0.25) is 17.7 Å². The molecule has 11 nitrogen and oxygen atoms in total. The van der Waals surface area contributed by atoms with E-state index in [0.29, 0.717) is 70.2 Å². The van der Waals surface area contributed by atoms with Crippen molar-refractivity contribution in [3.63, 3.8) is 0 Å². The number of halogens is 1. The second-order valence-electron chi connectivity index (χ2n) is 10.8. The van der Waals surface area contributed by atoms with E-state index in [4.69, 9.17) is 14.2 Å². The number of aliphatic hydroxyl groups excluding tert-OH is 1. The van der Waals surface area contributed by atoms with E-state index in [9.17, 15) is 19.5 Å². The Labute approximate surface area is 243 Å². The topological polar surface area (TPSA) is 130 Å². The van der Waals surface area contributed by atoms with Gasteiger partial charge >= 0.3 is 0 Å². The van der Waals surface area contributed by atoms with E-state index in [1.807, 2.05) is 6.92 Å². The van der Waals surface area contributed by atoms with Gasteiger partial charge in [-0.15, -0.1) is 0 Å². The lowest BCUT2D eigenvalue weighted by Crippen LogP contribution is -2.56. The SMILES string of the molecule is CCOc1ccc(NC(=O)[C@H]2[C@@H]3OC4(CC3Br)C(C(=O)NCCN3CCOCC3)N(CCCCO)C(=O)[C@H]24)cc1. The van der Waals surface area contributed by atoms with Crippen molar-refractivity contribution < 1.29 is 33.7 Å². The highest BCUT2D eigenvalue weighted by atomic mass is 79.9. The summed E-state index contributed by atoms with van der Waals surface area (Å²) in [4.78, 5) is 45.0. The lowest BCUT2D eigenvalue weighted by molar-refractivity contribution is -0.141. The van der Waals surface area contributed by atoms with Crippen LogP contribution in [0.15, 0.2) is 24.3 Å². The van der Waals surface area contributed by atoms with Crippen molar-refractivity contribution in [2.45, 2.75) is 48.8 Å². The molecule has 4 fully saturated rings. The number of fused-ring (bicyclic) bond motifs is 1. The van der Waals surface area contributed by atoms with Gasteiger partial charge in [0.05, 0.1) is 37.8 Å². The Morgan fingerprint density at radius 3 is 2.60 bits per heavy atom. The van der Waals surface area contributed by atoms with Crippen LogP contribution in [0.5, 0.6) is 5.75 Å². The van der Waals surface area contributed by atoms with E-state index in [-0.39, 0.29) is 29.2 Å². The Balaban J connectivity index is 1.35. The average Bonchev–Trinajstić information content (AvgIpc) is 3.54. The van der Waals surface area contributed by atoms with E-state index in [1.165, 1.54) is 0 Å². The van der Waals surface area contributed by atoms with Crippen LogP contribution in [0.2, 0.25) is 0 Å². The molecule has 3 unspecified atom stereocenters. The summed E-state index contributed by atoms with van der Waals surface area (Å²) in [5.41, 5.74) is -0.502. The van der Waals surface area contributed by atoms with Crippen molar-refractivity contribution in [2.24, 2.45) is 11.8 Å². The van der Waals surface area contributed by atoms with Gasteiger partial charge in [0.1, 0.15) is 17.4 Å². The summed E-state index contributed by atoms with van der Waals surface area (Å²) in [5, 5.41) is 15.3. The number of likely N-dealkylation sites (tertiary alicyclic amines) is 1. The molecule has 1 spiro atoms. The van der Waals surface area contributed by atoms with E-state index >= 15 is 0 Å². The number of carbonyl (C=O) groups excluding carboxylic acids is 3. The third-order valence-electron chi connectivity index (χ3n) is 8.41. The molecule has 0 aromatic heterocycles. The highest BCUT2D eigenvalue weighted by Gasteiger charge is 2.76. The van der Waals surface area contributed by atoms with Gasteiger partial charge in [-0.1, -0.05) is 15.9 Å². The van der Waals surface area contributed by atoms with Gasteiger partial charge in [0, 0.05) is 49.8 Å². The van der Waals surface area contributed by atoms with Crippen LogP contribution in [-0.2, 0) is 23.9 Å². The zero-order chi connectivity index (χ0) is 28.3. The zero-order valence-electron chi connectivity index (χ0n) is 22.9. The molecule has 3 amide bonds. The Morgan fingerprint density at radius 2 is 1.90 bits per heavy atom. The number of unbranched alkanes of at least 4 members (excludes halogenated alkanes) is 1. The molecule has 4 heterocycles. The van der Waals surface area contributed by atoms with E-state index in [2.05, 4.69) is 31.5 Å². The van der Waals surface area contributed by atoms with Crippen molar-refractivity contribution in [1.29, 1.82) is 0 Å². The predicted molar refractivity (Wildman–Crippen MR) is 150 cm³/mol. The third-order valence-corrected chi connectivity index (χ3v) is 9.26. The van der Waals surface area contributed by atoms with Gasteiger partial charge in [-0.25, -0.2) is 0 Å². The maximum absolute atomic E-state index is 14.0. The first-order chi connectivity index (χ1) is 19.4. The standard InChI is InChI=1S/C28H39BrN4O7/c1-2-39-19-7-5-18(6-8-19)31-25(35)21-22-27(37)33(10-3-4-14-34)24(28(22)17-20(29)23(21)40-28)26(36)30-9-11-32-12-15-38-16-13-32/h5-8,20-24,34H,2-4,9-17H2,1H3,(H,30,36)(H,31,35)/t20?,21-,22+,23-,24?,28?/m1/s1. The molecule has 1 aromatic rings.